The van der Waals surface area contributed by atoms with E-state index in [4.69, 9.17) is 11.6 Å². The average Bonchev–Trinajstić information content (AvgIpc) is 2.37. The Hall–Kier alpha value is -2.00. The highest BCUT2D eigenvalue weighted by molar-refractivity contribution is 6.31. The van der Waals surface area contributed by atoms with Crippen LogP contribution in [0.25, 0.3) is 0 Å². The molecule has 116 valence electrons. The van der Waals surface area contributed by atoms with Crippen molar-refractivity contribution in [3.63, 3.8) is 0 Å². The molecule has 1 aromatic carbocycles. The molecule has 21 heavy (non-hydrogen) atoms. The Balaban J connectivity index is 2.42. The number of alkyl halides is 3. The largest absolute Gasteiger partial charge is 0.507 e. The monoisotopic (exact) mass is 326 g/mol. The highest BCUT2D eigenvalue weighted by Crippen LogP contribution is 2.20. The van der Waals surface area contributed by atoms with Crippen LogP contribution >= 0.6 is 11.6 Å². The van der Waals surface area contributed by atoms with E-state index in [0.29, 0.717) is 0 Å². The minimum atomic E-state index is -4.55. The summed E-state index contributed by atoms with van der Waals surface area (Å²) in [6.07, 6.45) is -4.55. The van der Waals surface area contributed by atoms with Gasteiger partial charge in [0, 0.05) is 5.02 Å². The standard InChI is InChI=1S/C11H10ClF3N2O4/c12-6-1-2-8(18)7(3-6)10(20)17-16-9(19)4-21-5-11(13,14)15/h1-3,18H,4-5H2,(H,16,19)(H,17,20). The summed E-state index contributed by atoms with van der Waals surface area (Å²) in [6.45, 7) is -2.47. The molecular weight excluding hydrogens is 317 g/mol. The summed E-state index contributed by atoms with van der Waals surface area (Å²) in [5, 5.41) is 9.60. The molecule has 0 unspecified atom stereocenters. The summed E-state index contributed by atoms with van der Waals surface area (Å²) < 4.78 is 39.4. The van der Waals surface area contributed by atoms with E-state index in [9.17, 15) is 27.9 Å². The van der Waals surface area contributed by atoms with Crippen molar-refractivity contribution < 1.29 is 32.6 Å². The van der Waals surface area contributed by atoms with Gasteiger partial charge in [0.1, 0.15) is 19.0 Å². The maximum atomic E-state index is 11.8. The number of ether oxygens (including phenoxy) is 1. The molecule has 6 nitrogen and oxygen atoms in total. The van der Waals surface area contributed by atoms with Crippen molar-refractivity contribution in [1.29, 1.82) is 0 Å². The van der Waals surface area contributed by atoms with Gasteiger partial charge in [-0.25, -0.2) is 0 Å². The number of hydrazine groups is 1. The van der Waals surface area contributed by atoms with Gasteiger partial charge in [-0.2, -0.15) is 13.2 Å². The van der Waals surface area contributed by atoms with Gasteiger partial charge in [-0.3, -0.25) is 20.4 Å². The van der Waals surface area contributed by atoms with Crippen molar-refractivity contribution in [3.05, 3.63) is 28.8 Å². The number of carbonyl (C=O) groups is 2. The first kappa shape index (κ1) is 17.1. The van der Waals surface area contributed by atoms with Crippen molar-refractivity contribution in [1.82, 2.24) is 10.9 Å². The van der Waals surface area contributed by atoms with Gasteiger partial charge in [0.25, 0.3) is 11.8 Å². The molecule has 10 heteroatoms. The molecule has 1 aromatic rings. The smallest absolute Gasteiger partial charge is 0.411 e. The Labute approximate surface area is 121 Å². The minimum absolute atomic E-state index is 0.179. The molecule has 2 amide bonds. The number of rotatable bonds is 4. The molecule has 0 saturated heterocycles. The molecule has 1 rings (SSSR count). The Bertz CT molecular complexity index is 537. The minimum Gasteiger partial charge on any atom is -0.507 e. The highest BCUT2D eigenvalue weighted by Gasteiger charge is 2.27. The number of halogens is 4. The molecule has 0 aliphatic rings. The fourth-order valence-corrected chi connectivity index (χ4v) is 1.35. The zero-order valence-corrected chi connectivity index (χ0v) is 11.1. The van der Waals surface area contributed by atoms with Gasteiger partial charge >= 0.3 is 6.18 Å². The normalized spacial score (nSPS) is 11.0. The van der Waals surface area contributed by atoms with Crippen LogP contribution in [0, 0.1) is 0 Å². The van der Waals surface area contributed by atoms with E-state index >= 15 is 0 Å². The molecule has 0 aromatic heterocycles. The van der Waals surface area contributed by atoms with Gasteiger partial charge < -0.3 is 9.84 Å². The summed E-state index contributed by atoms with van der Waals surface area (Å²) in [6, 6.07) is 3.67. The lowest BCUT2D eigenvalue weighted by atomic mass is 10.2. The lowest BCUT2D eigenvalue weighted by Crippen LogP contribution is -2.43. The summed E-state index contributed by atoms with van der Waals surface area (Å²) >= 11 is 5.63. The third-order valence-corrected chi connectivity index (χ3v) is 2.25. The van der Waals surface area contributed by atoms with E-state index < -0.39 is 31.2 Å². The van der Waals surface area contributed by atoms with Crippen LogP contribution in [0.1, 0.15) is 10.4 Å². The number of phenolic OH excluding ortho intramolecular Hbond substituents is 1. The van der Waals surface area contributed by atoms with Crippen LogP contribution < -0.4 is 10.9 Å². The Morgan fingerprint density at radius 1 is 1.29 bits per heavy atom. The van der Waals surface area contributed by atoms with Crippen molar-refractivity contribution in [2.45, 2.75) is 6.18 Å². The third-order valence-electron chi connectivity index (χ3n) is 2.02. The van der Waals surface area contributed by atoms with Crippen molar-refractivity contribution in [2.24, 2.45) is 0 Å². The van der Waals surface area contributed by atoms with E-state index in [2.05, 4.69) is 4.74 Å². The first-order valence-corrected chi connectivity index (χ1v) is 5.79. The van der Waals surface area contributed by atoms with E-state index in [-0.39, 0.29) is 16.3 Å². The lowest BCUT2D eigenvalue weighted by molar-refractivity contribution is -0.175. The fraction of sp³-hybridized carbons (Fsp3) is 0.273. The molecule has 0 radical (unpaired) electrons. The summed E-state index contributed by atoms with van der Waals surface area (Å²) in [7, 11) is 0. The van der Waals surface area contributed by atoms with Crippen LogP contribution in [0.3, 0.4) is 0 Å². The number of hydrogen-bond donors (Lipinski definition) is 3. The average molecular weight is 327 g/mol. The molecule has 0 spiro atoms. The predicted molar refractivity (Wildman–Crippen MR) is 65.6 cm³/mol. The molecule has 0 aliphatic carbocycles. The summed E-state index contributed by atoms with van der Waals surface area (Å²) in [4.78, 5) is 22.7. The highest BCUT2D eigenvalue weighted by atomic mass is 35.5. The van der Waals surface area contributed by atoms with Gasteiger partial charge in [-0.05, 0) is 18.2 Å². The molecule has 0 heterocycles. The zero-order chi connectivity index (χ0) is 16.0. The molecular formula is C11H10ClF3N2O4. The quantitative estimate of drug-likeness (QED) is 0.730. The van der Waals surface area contributed by atoms with Crippen molar-refractivity contribution in [3.8, 4) is 5.75 Å². The van der Waals surface area contributed by atoms with E-state index in [0.717, 1.165) is 6.07 Å². The lowest BCUT2D eigenvalue weighted by Gasteiger charge is -2.10. The number of hydrogen-bond acceptors (Lipinski definition) is 4. The van der Waals surface area contributed by atoms with E-state index in [1.54, 1.807) is 0 Å². The van der Waals surface area contributed by atoms with Crippen LogP contribution in [0.15, 0.2) is 18.2 Å². The van der Waals surface area contributed by atoms with Crippen molar-refractivity contribution >= 4 is 23.4 Å². The molecule has 0 aliphatic heterocycles. The van der Waals surface area contributed by atoms with Gasteiger partial charge in [0.15, 0.2) is 0 Å². The fourth-order valence-electron chi connectivity index (χ4n) is 1.18. The SMILES string of the molecule is O=C(COCC(F)(F)F)NNC(=O)c1cc(Cl)ccc1O. The van der Waals surface area contributed by atoms with Gasteiger partial charge in [0.05, 0.1) is 5.56 Å². The molecule has 0 fully saturated rings. The first-order chi connectivity index (χ1) is 9.69. The number of benzene rings is 1. The number of amides is 2. The van der Waals surface area contributed by atoms with Gasteiger partial charge in [-0.1, -0.05) is 11.6 Å². The van der Waals surface area contributed by atoms with Crippen LogP contribution in [0.5, 0.6) is 5.75 Å². The van der Waals surface area contributed by atoms with E-state index in [1.807, 2.05) is 10.9 Å². The Kier molecular flexibility index (Phi) is 5.79. The Morgan fingerprint density at radius 2 is 1.95 bits per heavy atom. The number of phenols is 1. The zero-order valence-electron chi connectivity index (χ0n) is 10.3. The first-order valence-electron chi connectivity index (χ1n) is 5.41. The number of aromatic hydroxyl groups is 1. The molecule has 0 atom stereocenters. The summed E-state index contributed by atoms with van der Waals surface area (Å²) in [5.74, 6) is -2.26. The predicted octanol–water partition coefficient (Wildman–Crippen LogP) is 1.39. The van der Waals surface area contributed by atoms with Crippen LogP contribution in [0.4, 0.5) is 13.2 Å². The summed E-state index contributed by atoms with van der Waals surface area (Å²) in [5.41, 5.74) is 3.52. The van der Waals surface area contributed by atoms with Gasteiger partial charge in [-0.15, -0.1) is 0 Å². The molecule has 0 bridgehead atoms. The third kappa shape index (κ3) is 6.32. The van der Waals surface area contributed by atoms with Crippen LogP contribution in [-0.2, 0) is 9.53 Å². The topological polar surface area (TPSA) is 87.7 Å². The number of nitrogens with one attached hydrogen (secondary N) is 2. The maximum Gasteiger partial charge on any atom is 0.411 e. The Morgan fingerprint density at radius 3 is 2.57 bits per heavy atom. The van der Waals surface area contributed by atoms with Gasteiger partial charge in [0.2, 0.25) is 0 Å². The van der Waals surface area contributed by atoms with E-state index in [1.165, 1.54) is 12.1 Å². The van der Waals surface area contributed by atoms with Crippen LogP contribution in [0.2, 0.25) is 5.02 Å². The second-order valence-corrected chi connectivity index (χ2v) is 4.21. The number of carbonyl (C=O) groups excluding carboxylic acids is 2. The molecule has 0 saturated carbocycles. The van der Waals surface area contributed by atoms with Crippen LogP contribution in [-0.4, -0.2) is 36.3 Å². The second-order valence-electron chi connectivity index (χ2n) is 3.77. The second kappa shape index (κ2) is 7.14. The maximum absolute atomic E-state index is 11.8. The molecule has 3 N–H and O–H groups in total. The van der Waals surface area contributed by atoms with Crippen molar-refractivity contribution in [2.75, 3.05) is 13.2 Å².